The van der Waals surface area contributed by atoms with Crippen LogP contribution in [0.4, 0.5) is 4.79 Å². The fourth-order valence-electron chi connectivity index (χ4n) is 4.34. The van der Waals surface area contributed by atoms with Gasteiger partial charge >= 0.3 is 18.0 Å². The summed E-state index contributed by atoms with van der Waals surface area (Å²) < 4.78 is 15.0. The van der Waals surface area contributed by atoms with Crippen molar-refractivity contribution in [3.05, 3.63) is 12.8 Å². The lowest BCUT2D eigenvalue weighted by molar-refractivity contribution is -0.156. The second-order valence-electron chi connectivity index (χ2n) is 9.33. The number of esters is 2. The minimum Gasteiger partial charge on any atom is -0.464 e. The minimum absolute atomic E-state index is 0. The van der Waals surface area contributed by atoms with E-state index in [9.17, 15) is 29.1 Å². The monoisotopic (exact) mass is 485 g/mol. The van der Waals surface area contributed by atoms with Crippen LogP contribution in [0.3, 0.4) is 0 Å². The highest BCUT2D eigenvalue weighted by Crippen LogP contribution is 2.63. The number of hydrogen-bond donors (Lipinski definition) is 4. The van der Waals surface area contributed by atoms with Gasteiger partial charge in [0.1, 0.15) is 17.2 Å². The predicted molar refractivity (Wildman–Crippen MR) is 119 cm³/mol. The summed E-state index contributed by atoms with van der Waals surface area (Å²) in [5.74, 6) is -4.95. The molecule has 3 amide bonds. The molecule has 2 rings (SSSR count). The maximum atomic E-state index is 12.8. The smallest absolute Gasteiger partial charge is 0.408 e. The lowest BCUT2D eigenvalue weighted by atomic mass is 9.89. The first-order valence-electron chi connectivity index (χ1n) is 11.0. The molecule has 0 aromatic carbocycles. The van der Waals surface area contributed by atoms with E-state index in [4.69, 9.17) is 14.2 Å². The van der Waals surface area contributed by atoms with Crippen molar-refractivity contribution in [2.45, 2.75) is 64.3 Å². The third-order valence-electron chi connectivity index (χ3n) is 5.64. The number of alkyl carbamates (subject to hydrolysis) is 1. The molecule has 4 N–H and O–H groups in total. The molecular weight excluding hydrogens is 450 g/mol. The molecule has 0 heterocycles. The molecule has 0 bridgehead atoms. The Kier molecular flexibility index (Phi) is 8.30. The molecule has 0 aromatic rings. The largest absolute Gasteiger partial charge is 0.464 e. The van der Waals surface area contributed by atoms with Crippen LogP contribution < -0.4 is 16.0 Å². The normalized spacial score (nSPS) is 27.9. The van der Waals surface area contributed by atoms with Crippen molar-refractivity contribution in [2.75, 3.05) is 13.2 Å². The molecule has 2 aliphatic carbocycles. The Labute approximate surface area is 199 Å². The highest BCUT2D eigenvalue weighted by molar-refractivity contribution is 5.94. The number of carbonyl (C=O) groups is 5. The van der Waals surface area contributed by atoms with E-state index in [1.165, 1.54) is 6.92 Å². The Morgan fingerprint density at radius 1 is 1.26 bits per heavy atom. The van der Waals surface area contributed by atoms with Crippen LogP contribution in [0.2, 0.25) is 0 Å². The zero-order valence-electron chi connectivity index (χ0n) is 20.0. The van der Waals surface area contributed by atoms with Gasteiger partial charge in [-0.25, -0.2) is 9.59 Å². The minimum atomic E-state index is -1.65. The van der Waals surface area contributed by atoms with Crippen LogP contribution in [0.25, 0.3) is 0 Å². The Morgan fingerprint density at radius 3 is 2.47 bits per heavy atom. The van der Waals surface area contributed by atoms with Gasteiger partial charge in [-0.15, -0.1) is 0 Å². The van der Waals surface area contributed by atoms with E-state index in [1.807, 2.05) is 0 Å². The van der Waals surface area contributed by atoms with Gasteiger partial charge in [-0.3, -0.25) is 14.4 Å². The van der Waals surface area contributed by atoms with E-state index >= 15 is 0 Å². The van der Waals surface area contributed by atoms with Gasteiger partial charge in [0.15, 0.2) is 0 Å². The number of nitrogens with one attached hydrogen (secondary N) is 3. The van der Waals surface area contributed by atoms with Crippen molar-refractivity contribution in [2.24, 2.45) is 17.8 Å². The van der Waals surface area contributed by atoms with Crippen LogP contribution in [-0.4, -0.2) is 71.4 Å². The maximum absolute atomic E-state index is 12.8. The molecule has 12 nitrogen and oxygen atoms in total. The molecule has 0 aliphatic heterocycles. The third-order valence-corrected chi connectivity index (χ3v) is 5.64. The molecule has 0 radical (unpaired) electrons. The van der Waals surface area contributed by atoms with Crippen LogP contribution in [0, 0.1) is 17.8 Å². The van der Waals surface area contributed by atoms with E-state index in [0.29, 0.717) is 0 Å². The fraction of sp³-hybridized carbons (Fsp3) is 0.682. The standard InChI is InChI=1S/C22H33N3O9.H2/c1-7-32-18(29)15-14-12(26)9-22(16(14)15,19(30)33-8-2)25-13(27)10-23-17(28)11(3)24-20(31)34-21(4,5)6;/h7,11-12,14-16,26H,1,8-10H2,2-6H3,(H,23,28)(H,24,31)(H,25,27);1H/t11-,12-,14-,15-,16-,22+;/m0./s1. The summed E-state index contributed by atoms with van der Waals surface area (Å²) in [6.07, 6.45) is -1.02. The predicted octanol–water partition coefficient (Wildman–Crippen LogP) is -0.00660. The summed E-state index contributed by atoms with van der Waals surface area (Å²) in [4.78, 5) is 61.8. The Hall–Kier alpha value is -3.15. The van der Waals surface area contributed by atoms with E-state index in [-0.39, 0.29) is 14.5 Å². The highest BCUT2D eigenvalue weighted by Gasteiger charge is 2.76. The first-order chi connectivity index (χ1) is 15.8. The average molecular weight is 486 g/mol. The van der Waals surface area contributed by atoms with Gasteiger partial charge in [0, 0.05) is 19.7 Å². The summed E-state index contributed by atoms with van der Waals surface area (Å²) in [6.45, 7) is 10.9. The van der Waals surface area contributed by atoms with Crippen LogP contribution in [0.1, 0.15) is 42.5 Å². The zero-order valence-corrected chi connectivity index (χ0v) is 20.0. The van der Waals surface area contributed by atoms with Crippen molar-refractivity contribution in [1.29, 1.82) is 0 Å². The summed E-state index contributed by atoms with van der Waals surface area (Å²) in [6, 6.07) is -0.999. The number of ether oxygens (including phenoxy) is 3. The fourth-order valence-corrected chi connectivity index (χ4v) is 4.34. The van der Waals surface area contributed by atoms with Gasteiger partial charge < -0.3 is 35.3 Å². The zero-order chi connectivity index (χ0) is 25.8. The van der Waals surface area contributed by atoms with Crippen LogP contribution >= 0.6 is 0 Å². The number of aliphatic hydroxyl groups excluding tert-OH is 1. The number of aliphatic hydroxyl groups is 1. The highest BCUT2D eigenvalue weighted by atomic mass is 16.6. The molecular formula is C22H35N3O9. The molecule has 6 atom stereocenters. The van der Waals surface area contributed by atoms with Gasteiger partial charge in [-0.2, -0.15) is 0 Å². The summed E-state index contributed by atoms with van der Waals surface area (Å²) in [5.41, 5.74) is -2.39. The van der Waals surface area contributed by atoms with Crippen molar-refractivity contribution >= 4 is 29.8 Å². The Morgan fingerprint density at radius 2 is 1.91 bits per heavy atom. The van der Waals surface area contributed by atoms with Crippen molar-refractivity contribution in [3.63, 3.8) is 0 Å². The van der Waals surface area contributed by atoms with Crippen molar-refractivity contribution in [3.8, 4) is 0 Å². The van der Waals surface area contributed by atoms with Crippen LogP contribution in [-0.2, 0) is 33.4 Å². The molecule has 0 unspecified atom stereocenters. The van der Waals surface area contributed by atoms with Gasteiger partial charge in [-0.05, 0) is 34.6 Å². The van der Waals surface area contributed by atoms with Crippen molar-refractivity contribution in [1.82, 2.24) is 16.0 Å². The third kappa shape index (κ3) is 6.04. The number of carbonyl (C=O) groups excluding carboxylic acids is 5. The number of hydrogen-bond acceptors (Lipinski definition) is 9. The first kappa shape index (κ1) is 27.1. The first-order valence-corrected chi connectivity index (χ1v) is 11.0. The summed E-state index contributed by atoms with van der Waals surface area (Å²) in [5, 5.41) is 17.7. The molecule has 12 heteroatoms. The van der Waals surface area contributed by atoms with Crippen LogP contribution in [0.5, 0.6) is 0 Å². The van der Waals surface area contributed by atoms with E-state index in [0.717, 1.165) is 6.26 Å². The molecule has 0 aromatic heterocycles. The molecule has 0 spiro atoms. The lowest BCUT2D eigenvalue weighted by Crippen LogP contribution is -2.59. The topological polar surface area (TPSA) is 169 Å². The second kappa shape index (κ2) is 10.4. The average Bonchev–Trinajstić information content (AvgIpc) is 3.40. The lowest BCUT2D eigenvalue weighted by Gasteiger charge is -2.31. The molecule has 2 fully saturated rings. The van der Waals surface area contributed by atoms with Crippen LogP contribution in [0.15, 0.2) is 12.8 Å². The van der Waals surface area contributed by atoms with Gasteiger partial charge in [0.2, 0.25) is 11.8 Å². The van der Waals surface area contributed by atoms with Crippen molar-refractivity contribution < 1.29 is 44.7 Å². The quantitative estimate of drug-likeness (QED) is 0.199. The molecule has 192 valence electrons. The van der Waals surface area contributed by atoms with E-state index < -0.39 is 77.4 Å². The Balaban J connectivity index is 0.00000612. The maximum Gasteiger partial charge on any atom is 0.408 e. The second-order valence-corrected chi connectivity index (χ2v) is 9.33. The molecule has 2 saturated carbocycles. The van der Waals surface area contributed by atoms with E-state index in [1.54, 1.807) is 27.7 Å². The van der Waals surface area contributed by atoms with Gasteiger partial charge in [0.05, 0.1) is 31.4 Å². The van der Waals surface area contributed by atoms with Gasteiger partial charge in [0.25, 0.3) is 0 Å². The number of amides is 3. The number of rotatable bonds is 9. The Bertz CT molecular complexity index is 860. The summed E-state index contributed by atoms with van der Waals surface area (Å²) in [7, 11) is 0. The summed E-state index contributed by atoms with van der Waals surface area (Å²) >= 11 is 0. The molecule has 0 saturated heterocycles. The van der Waals surface area contributed by atoms with Gasteiger partial charge in [-0.1, -0.05) is 6.58 Å². The number of fused-ring (bicyclic) bond motifs is 1. The molecule has 2 aliphatic rings. The van der Waals surface area contributed by atoms with E-state index in [2.05, 4.69) is 22.5 Å². The molecule has 34 heavy (non-hydrogen) atoms. The SMILES string of the molecule is C=COC(=O)[C@H]1[C@H]2[C@@H]1[C@@](NC(=O)CNC(=O)[C@H](C)NC(=O)OC(C)(C)C)(C(=O)OCC)C[C@@H]2O.[HH].